The van der Waals surface area contributed by atoms with E-state index in [1.165, 1.54) is 0 Å². The van der Waals surface area contributed by atoms with Crippen molar-refractivity contribution in [3.63, 3.8) is 0 Å². The van der Waals surface area contributed by atoms with Gasteiger partial charge < -0.3 is 24.4 Å². The van der Waals surface area contributed by atoms with E-state index >= 15 is 0 Å². The average molecular weight is 481 g/mol. The lowest BCUT2D eigenvalue weighted by atomic mass is 9.83. The molecule has 7 nitrogen and oxygen atoms in total. The number of furan rings is 1. The van der Waals surface area contributed by atoms with Gasteiger partial charge in [-0.25, -0.2) is 4.79 Å². The van der Waals surface area contributed by atoms with Crippen molar-refractivity contribution >= 4 is 16.9 Å². The monoisotopic (exact) mass is 480 g/mol. The molecule has 0 amide bonds. The maximum absolute atomic E-state index is 13.0. The van der Waals surface area contributed by atoms with Crippen LogP contribution in [-0.2, 0) is 0 Å². The van der Waals surface area contributed by atoms with Gasteiger partial charge in [-0.3, -0.25) is 0 Å². The van der Waals surface area contributed by atoms with Crippen LogP contribution in [0.15, 0.2) is 70.5 Å². The van der Waals surface area contributed by atoms with Gasteiger partial charge in [0.15, 0.2) is 0 Å². The molecule has 1 unspecified atom stereocenters. The second kappa shape index (κ2) is 8.82. The second-order valence-corrected chi connectivity index (χ2v) is 8.78. The number of esters is 1. The molecule has 0 spiro atoms. The molecule has 4 aromatic rings. The number of ether oxygens (including phenoxy) is 3. The summed E-state index contributed by atoms with van der Waals surface area (Å²) in [6.07, 6.45) is 0. The highest BCUT2D eigenvalue weighted by molar-refractivity contribution is 5.97. The van der Waals surface area contributed by atoms with E-state index in [1.54, 1.807) is 25.3 Å². The highest BCUT2D eigenvalue weighted by Gasteiger charge is 2.31. The molecule has 1 aromatic heterocycles. The number of carbonyl (C=O) groups is 1. The second-order valence-electron chi connectivity index (χ2n) is 8.78. The van der Waals surface area contributed by atoms with Gasteiger partial charge in [0, 0.05) is 22.6 Å². The first kappa shape index (κ1) is 23.1. The van der Waals surface area contributed by atoms with E-state index in [2.05, 4.69) is 6.07 Å². The fourth-order valence-corrected chi connectivity index (χ4v) is 4.46. The number of rotatable bonds is 4. The van der Waals surface area contributed by atoms with E-state index < -0.39 is 11.9 Å². The molecule has 0 aliphatic carbocycles. The maximum Gasteiger partial charge on any atom is 0.379 e. The number of aryl methyl sites for hydroxylation is 3. The number of nitrogens with two attached hydrogens (primary N) is 1. The number of methoxy groups -OCH3 is 1. The molecule has 1 atom stereocenters. The Bertz CT molecular complexity index is 1590. The minimum absolute atomic E-state index is 0.00756. The molecule has 0 saturated carbocycles. The van der Waals surface area contributed by atoms with Crippen LogP contribution in [0.25, 0.3) is 11.0 Å². The first-order valence-corrected chi connectivity index (χ1v) is 11.4. The molecule has 2 heterocycles. The third kappa shape index (κ3) is 3.83. The molecule has 1 aliphatic rings. The molecule has 5 rings (SSSR count). The zero-order valence-electron chi connectivity index (χ0n) is 20.3. The standard InChI is InChI=1S/C29H24N2O5/c1-15-11-22-17(3)27(35-24(22)12-16(15)2)29(32)34-20-9-10-21-25(13-20)36-28(31)23(14-30)26(21)18-5-7-19(33-4)8-6-18/h5-13,26H,31H2,1-4H3. The van der Waals surface area contributed by atoms with Gasteiger partial charge in [0.2, 0.25) is 11.6 Å². The highest BCUT2D eigenvalue weighted by Crippen LogP contribution is 2.43. The summed E-state index contributed by atoms with van der Waals surface area (Å²) in [5.41, 5.74) is 11.6. The summed E-state index contributed by atoms with van der Waals surface area (Å²) in [4.78, 5) is 13.0. The molecular weight excluding hydrogens is 456 g/mol. The topological polar surface area (TPSA) is 108 Å². The van der Waals surface area contributed by atoms with Crippen molar-refractivity contribution in [3.8, 4) is 23.3 Å². The Hall–Kier alpha value is -4.70. The summed E-state index contributed by atoms with van der Waals surface area (Å²) < 4.78 is 22.5. The number of fused-ring (bicyclic) bond motifs is 2. The van der Waals surface area contributed by atoms with Crippen molar-refractivity contribution in [1.82, 2.24) is 0 Å². The summed E-state index contributed by atoms with van der Waals surface area (Å²) >= 11 is 0. The van der Waals surface area contributed by atoms with Crippen LogP contribution in [0.2, 0.25) is 0 Å². The van der Waals surface area contributed by atoms with Gasteiger partial charge in [-0.2, -0.15) is 5.26 Å². The summed E-state index contributed by atoms with van der Waals surface area (Å²) in [5.74, 6) is 0.498. The summed E-state index contributed by atoms with van der Waals surface area (Å²) in [7, 11) is 1.59. The Morgan fingerprint density at radius 1 is 1.00 bits per heavy atom. The van der Waals surface area contributed by atoms with Gasteiger partial charge in [-0.15, -0.1) is 0 Å². The van der Waals surface area contributed by atoms with E-state index in [0.717, 1.165) is 33.2 Å². The number of benzene rings is 3. The van der Waals surface area contributed by atoms with E-state index in [9.17, 15) is 10.1 Å². The molecule has 0 saturated heterocycles. The largest absolute Gasteiger partial charge is 0.497 e. The van der Waals surface area contributed by atoms with Gasteiger partial charge >= 0.3 is 5.97 Å². The Morgan fingerprint density at radius 2 is 1.69 bits per heavy atom. The average Bonchev–Trinajstić information content (AvgIpc) is 3.18. The molecule has 3 aromatic carbocycles. The third-order valence-corrected chi connectivity index (χ3v) is 6.59. The molecule has 0 bridgehead atoms. The van der Waals surface area contributed by atoms with Crippen molar-refractivity contribution in [3.05, 3.63) is 99.6 Å². The molecule has 7 heteroatoms. The minimum atomic E-state index is -0.609. The van der Waals surface area contributed by atoms with Crippen molar-refractivity contribution in [1.29, 1.82) is 5.26 Å². The minimum Gasteiger partial charge on any atom is -0.497 e. The number of hydrogen-bond acceptors (Lipinski definition) is 7. The lowest BCUT2D eigenvalue weighted by Crippen LogP contribution is -2.21. The summed E-state index contributed by atoms with van der Waals surface area (Å²) in [6, 6.07) is 18.5. The van der Waals surface area contributed by atoms with E-state index in [-0.39, 0.29) is 17.4 Å². The Morgan fingerprint density at radius 3 is 2.39 bits per heavy atom. The predicted molar refractivity (Wildman–Crippen MR) is 134 cm³/mol. The van der Waals surface area contributed by atoms with Crippen LogP contribution in [0, 0.1) is 32.1 Å². The molecule has 180 valence electrons. The van der Waals surface area contributed by atoms with Crippen LogP contribution in [0.1, 0.15) is 44.3 Å². The molecule has 1 aliphatic heterocycles. The Balaban J connectivity index is 1.48. The lowest BCUT2D eigenvalue weighted by molar-refractivity contribution is 0.0702. The SMILES string of the molecule is COc1ccc(C2C(C#N)=C(N)Oc3cc(OC(=O)c4oc5cc(C)c(C)cc5c4C)ccc32)cc1. The fraction of sp³-hybridized carbons (Fsp3) is 0.172. The lowest BCUT2D eigenvalue weighted by Gasteiger charge is -2.26. The van der Waals surface area contributed by atoms with Crippen LogP contribution in [0.3, 0.4) is 0 Å². The van der Waals surface area contributed by atoms with Gasteiger partial charge in [0.05, 0.1) is 13.0 Å². The quantitative estimate of drug-likeness (QED) is 0.290. The smallest absolute Gasteiger partial charge is 0.379 e. The number of carbonyl (C=O) groups excluding carboxylic acids is 1. The molecular formula is C29H24N2O5. The van der Waals surface area contributed by atoms with Crippen LogP contribution in [0.4, 0.5) is 0 Å². The summed E-state index contributed by atoms with van der Waals surface area (Å²) in [5, 5.41) is 10.6. The molecule has 0 fully saturated rings. The molecule has 36 heavy (non-hydrogen) atoms. The van der Waals surface area contributed by atoms with Crippen molar-refractivity contribution < 1.29 is 23.4 Å². The van der Waals surface area contributed by atoms with Gasteiger partial charge in [0.1, 0.15) is 34.5 Å². The molecule has 0 radical (unpaired) electrons. The number of nitrogens with zero attached hydrogens (tertiary/aromatic N) is 1. The predicted octanol–water partition coefficient (Wildman–Crippen LogP) is 5.80. The van der Waals surface area contributed by atoms with Crippen LogP contribution in [0.5, 0.6) is 17.2 Å². The zero-order valence-corrected chi connectivity index (χ0v) is 20.3. The number of hydrogen-bond donors (Lipinski definition) is 1. The number of nitriles is 1. The van der Waals surface area contributed by atoms with Crippen molar-refractivity contribution in [2.24, 2.45) is 5.73 Å². The normalized spacial score (nSPS) is 14.7. The molecule has 2 N–H and O–H groups in total. The first-order valence-electron chi connectivity index (χ1n) is 11.4. The van der Waals surface area contributed by atoms with E-state index in [4.69, 9.17) is 24.4 Å². The van der Waals surface area contributed by atoms with Gasteiger partial charge in [0.25, 0.3) is 0 Å². The maximum atomic E-state index is 13.0. The van der Waals surface area contributed by atoms with Crippen LogP contribution >= 0.6 is 0 Å². The van der Waals surface area contributed by atoms with Gasteiger partial charge in [-0.1, -0.05) is 18.2 Å². The van der Waals surface area contributed by atoms with Crippen molar-refractivity contribution in [2.75, 3.05) is 7.11 Å². The van der Waals surface area contributed by atoms with Crippen LogP contribution < -0.4 is 19.9 Å². The van der Waals surface area contributed by atoms with Crippen LogP contribution in [-0.4, -0.2) is 13.1 Å². The summed E-state index contributed by atoms with van der Waals surface area (Å²) in [6.45, 7) is 5.85. The zero-order chi connectivity index (χ0) is 25.6. The fourth-order valence-electron chi connectivity index (χ4n) is 4.46. The van der Waals surface area contributed by atoms with Crippen molar-refractivity contribution in [2.45, 2.75) is 26.7 Å². The number of allylic oxidation sites excluding steroid dienone is 1. The Labute approximate surface area is 208 Å². The van der Waals surface area contributed by atoms with Gasteiger partial charge in [-0.05, 0) is 67.8 Å². The Kier molecular flexibility index (Phi) is 5.65. The third-order valence-electron chi connectivity index (χ3n) is 6.59. The van der Waals surface area contributed by atoms with E-state index in [1.807, 2.05) is 57.2 Å². The van der Waals surface area contributed by atoms with E-state index in [0.29, 0.717) is 22.7 Å². The highest BCUT2D eigenvalue weighted by atomic mass is 16.5. The first-order chi connectivity index (χ1) is 17.3.